The molecule has 2 unspecified atom stereocenters. The van der Waals surface area contributed by atoms with E-state index in [9.17, 15) is 9.90 Å². The Bertz CT molecular complexity index is 300. The number of hydrogen-bond acceptors (Lipinski definition) is 3. The van der Waals surface area contributed by atoms with Crippen molar-refractivity contribution in [3.05, 3.63) is 0 Å². The van der Waals surface area contributed by atoms with Gasteiger partial charge in [0, 0.05) is 12.1 Å². The van der Waals surface area contributed by atoms with Gasteiger partial charge in [-0.1, -0.05) is 0 Å². The minimum Gasteiger partial charge on any atom is -0.480 e. The van der Waals surface area contributed by atoms with Crippen molar-refractivity contribution >= 4 is 5.97 Å². The van der Waals surface area contributed by atoms with Crippen LogP contribution in [0.2, 0.25) is 0 Å². The molecule has 1 saturated heterocycles. The van der Waals surface area contributed by atoms with Gasteiger partial charge in [-0.05, 0) is 65.5 Å². The van der Waals surface area contributed by atoms with Crippen LogP contribution in [0.3, 0.4) is 0 Å². The molecule has 0 aromatic heterocycles. The Hall–Kier alpha value is -0.610. The fraction of sp³-hybridized carbons (Fsp3) is 0.929. The maximum atomic E-state index is 11.7. The van der Waals surface area contributed by atoms with Crippen molar-refractivity contribution in [2.75, 3.05) is 13.1 Å². The third-order valence-corrected chi connectivity index (χ3v) is 4.36. The van der Waals surface area contributed by atoms with Crippen LogP contribution < -0.4 is 5.32 Å². The molecule has 4 heteroatoms. The van der Waals surface area contributed by atoms with Gasteiger partial charge in [-0.3, -0.25) is 10.1 Å². The lowest BCUT2D eigenvalue weighted by molar-refractivity contribution is -0.147. The van der Waals surface area contributed by atoms with Gasteiger partial charge in [0.15, 0.2) is 0 Å². The Morgan fingerprint density at radius 1 is 1.33 bits per heavy atom. The van der Waals surface area contributed by atoms with E-state index in [1.54, 1.807) is 0 Å². The first-order chi connectivity index (χ1) is 8.53. The molecule has 2 N–H and O–H groups in total. The Balaban J connectivity index is 2.07. The molecule has 2 fully saturated rings. The molecule has 18 heavy (non-hydrogen) atoms. The van der Waals surface area contributed by atoms with Crippen molar-refractivity contribution in [3.8, 4) is 0 Å². The first kappa shape index (κ1) is 13.8. The van der Waals surface area contributed by atoms with Gasteiger partial charge >= 0.3 is 5.97 Å². The first-order valence-corrected chi connectivity index (χ1v) is 7.29. The molecule has 1 aliphatic carbocycles. The summed E-state index contributed by atoms with van der Waals surface area (Å²) in [7, 11) is 0. The second-order valence-corrected chi connectivity index (χ2v) is 6.18. The van der Waals surface area contributed by atoms with Crippen molar-refractivity contribution in [1.29, 1.82) is 0 Å². The highest BCUT2D eigenvalue weighted by atomic mass is 16.4. The summed E-state index contributed by atoms with van der Waals surface area (Å²) in [5.74, 6) is -0.667. The number of nitrogens with zero attached hydrogens (tertiary/aromatic N) is 1. The number of aliphatic carboxylic acids is 1. The van der Waals surface area contributed by atoms with Crippen LogP contribution in [0.25, 0.3) is 0 Å². The largest absolute Gasteiger partial charge is 0.480 e. The predicted octanol–water partition coefficient (Wildman–Crippen LogP) is 1.85. The topological polar surface area (TPSA) is 52.6 Å². The predicted molar refractivity (Wildman–Crippen MR) is 71.7 cm³/mol. The van der Waals surface area contributed by atoms with Gasteiger partial charge < -0.3 is 10.0 Å². The second kappa shape index (κ2) is 5.57. The number of likely N-dealkylation sites (tertiary alicyclic amines) is 1. The molecule has 0 bridgehead atoms. The molecule has 0 radical (unpaired) electrons. The van der Waals surface area contributed by atoms with E-state index >= 15 is 0 Å². The lowest BCUT2D eigenvalue weighted by Gasteiger charge is -2.42. The monoisotopic (exact) mass is 254 g/mol. The van der Waals surface area contributed by atoms with E-state index in [-0.39, 0.29) is 6.04 Å². The molecule has 2 atom stereocenters. The normalized spacial score (nSPS) is 34.1. The average Bonchev–Trinajstić information content (AvgIpc) is 2.81. The summed E-state index contributed by atoms with van der Waals surface area (Å²) in [4.78, 5) is 14.2. The number of carbonyl (C=O) groups is 1. The molecule has 0 aromatic carbocycles. The zero-order valence-electron chi connectivity index (χ0n) is 11.6. The fourth-order valence-electron chi connectivity index (χ4n) is 3.60. The van der Waals surface area contributed by atoms with Crippen LogP contribution in [-0.2, 0) is 4.79 Å². The van der Waals surface area contributed by atoms with Crippen LogP contribution in [0.4, 0.5) is 0 Å². The molecule has 2 aliphatic rings. The van der Waals surface area contributed by atoms with Crippen LogP contribution in [0.15, 0.2) is 0 Å². The van der Waals surface area contributed by atoms with E-state index in [0.29, 0.717) is 6.04 Å². The van der Waals surface area contributed by atoms with Crippen molar-refractivity contribution < 1.29 is 9.90 Å². The summed E-state index contributed by atoms with van der Waals surface area (Å²) in [6.07, 6.45) is 6.26. The molecule has 1 heterocycles. The van der Waals surface area contributed by atoms with Crippen molar-refractivity contribution in [2.24, 2.45) is 0 Å². The van der Waals surface area contributed by atoms with Crippen LogP contribution in [0.1, 0.15) is 52.4 Å². The van der Waals surface area contributed by atoms with Gasteiger partial charge in [0.1, 0.15) is 5.54 Å². The molecule has 0 amide bonds. The summed E-state index contributed by atoms with van der Waals surface area (Å²) in [5.41, 5.74) is -0.695. The van der Waals surface area contributed by atoms with Gasteiger partial charge in [0.25, 0.3) is 0 Å². The zero-order valence-corrected chi connectivity index (χ0v) is 11.6. The second-order valence-electron chi connectivity index (χ2n) is 6.18. The number of nitrogens with one attached hydrogen (secondary N) is 1. The highest BCUT2D eigenvalue weighted by Gasteiger charge is 2.44. The van der Waals surface area contributed by atoms with E-state index in [4.69, 9.17) is 0 Å². The Kier molecular flexibility index (Phi) is 4.28. The highest BCUT2D eigenvalue weighted by Crippen LogP contribution is 2.33. The van der Waals surface area contributed by atoms with Crippen molar-refractivity contribution in [3.63, 3.8) is 0 Å². The zero-order chi connectivity index (χ0) is 13.2. The van der Waals surface area contributed by atoms with Crippen molar-refractivity contribution in [1.82, 2.24) is 10.2 Å². The molecule has 1 saturated carbocycles. The maximum Gasteiger partial charge on any atom is 0.323 e. The lowest BCUT2D eigenvalue weighted by Crippen LogP contribution is -2.59. The van der Waals surface area contributed by atoms with Crippen LogP contribution in [-0.4, -0.2) is 46.7 Å². The summed E-state index contributed by atoms with van der Waals surface area (Å²) in [6.45, 7) is 6.37. The molecular weight excluding hydrogens is 228 g/mol. The lowest BCUT2D eigenvalue weighted by atomic mass is 9.78. The third-order valence-electron chi connectivity index (χ3n) is 4.36. The quantitative estimate of drug-likeness (QED) is 0.804. The standard InChI is InChI=1S/C14H26N2O2/c1-11(2)15-14(13(17)18)7-5-6-12(10-14)16-8-3-4-9-16/h11-12,15H,3-10H2,1-2H3,(H,17,18). The Morgan fingerprint density at radius 2 is 2.00 bits per heavy atom. The third kappa shape index (κ3) is 2.86. The van der Waals surface area contributed by atoms with E-state index in [1.165, 1.54) is 12.8 Å². The molecule has 1 aliphatic heterocycles. The molecule has 4 nitrogen and oxygen atoms in total. The molecule has 104 valence electrons. The smallest absolute Gasteiger partial charge is 0.323 e. The SMILES string of the molecule is CC(C)NC1(C(=O)O)CCCC(N2CCCC2)C1. The Morgan fingerprint density at radius 3 is 2.56 bits per heavy atom. The van der Waals surface area contributed by atoms with Crippen LogP contribution in [0, 0.1) is 0 Å². The number of rotatable bonds is 4. The summed E-state index contributed by atoms with van der Waals surface area (Å²) < 4.78 is 0. The van der Waals surface area contributed by atoms with Gasteiger partial charge in [-0.15, -0.1) is 0 Å². The molecule has 2 rings (SSSR count). The number of carboxylic acids is 1. The number of hydrogen-bond donors (Lipinski definition) is 2. The average molecular weight is 254 g/mol. The first-order valence-electron chi connectivity index (χ1n) is 7.29. The van der Waals surface area contributed by atoms with E-state index in [0.717, 1.165) is 38.8 Å². The summed E-state index contributed by atoms with van der Waals surface area (Å²) in [5, 5.41) is 12.9. The van der Waals surface area contributed by atoms with E-state index in [1.807, 2.05) is 13.8 Å². The van der Waals surface area contributed by atoms with Gasteiger partial charge in [-0.25, -0.2) is 0 Å². The van der Waals surface area contributed by atoms with Crippen LogP contribution >= 0.6 is 0 Å². The highest BCUT2D eigenvalue weighted by molar-refractivity contribution is 5.79. The van der Waals surface area contributed by atoms with E-state index < -0.39 is 11.5 Å². The molecular formula is C14H26N2O2. The fourth-order valence-corrected chi connectivity index (χ4v) is 3.60. The Labute approximate surface area is 110 Å². The van der Waals surface area contributed by atoms with Gasteiger partial charge in [0.05, 0.1) is 0 Å². The molecule has 0 spiro atoms. The molecule has 0 aromatic rings. The maximum absolute atomic E-state index is 11.7. The van der Waals surface area contributed by atoms with Gasteiger partial charge in [-0.2, -0.15) is 0 Å². The summed E-state index contributed by atoms with van der Waals surface area (Å²) in [6, 6.07) is 0.682. The minimum absolute atomic E-state index is 0.221. The minimum atomic E-state index is -0.695. The van der Waals surface area contributed by atoms with Crippen molar-refractivity contribution in [2.45, 2.75) is 70.0 Å². The number of carboxylic acid groups (broad SMARTS) is 1. The van der Waals surface area contributed by atoms with Gasteiger partial charge in [0.2, 0.25) is 0 Å². The van der Waals surface area contributed by atoms with Crippen LogP contribution in [0.5, 0.6) is 0 Å². The summed E-state index contributed by atoms with van der Waals surface area (Å²) >= 11 is 0. The van der Waals surface area contributed by atoms with E-state index in [2.05, 4.69) is 10.2 Å².